The van der Waals surface area contributed by atoms with Crippen molar-refractivity contribution in [3.05, 3.63) is 89.7 Å². The van der Waals surface area contributed by atoms with E-state index in [2.05, 4.69) is 41.8 Å². The predicted molar refractivity (Wildman–Crippen MR) is 107 cm³/mol. The van der Waals surface area contributed by atoms with Crippen LogP contribution in [0.4, 0.5) is 0 Å². The summed E-state index contributed by atoms with van der Waals surface area (Å²) in [6.07, 6.45) is 0. The highest BCUT2D eigenvalue weighted by molar-refractivity contribution is 5.76. The van der Waals surface area contributed by atoms with Gasteiger partial charge in [-0.25, -0.2) is 4.98 Å². The zero-order valence-electron chi connectivity index (χ0n) is 15.6. The number of aromatic nitrogens is 2. The topological polar surface area (TPSA) is 36.3 Å². The van der Waals surface area contributed by atoms with E-state index < -0.39 is 0 Å². The molecule has 27 heavy (non-hydrogen) atoms. The molecule has 4 nitrogen and oxygen atoms in total. The summed E-state index contributed by atoms with van der Waals surface area (Å²) in [7, 11) is 1.65. The first-order valence-electron chi connectivity index (χ1n) is 9.00. The molecule has 4 rings (SSSR count). The number of benzene rings is 3. The maximum absolute atomic E-state index is 6.04. The highest BCUT2D eigenvalue weighted by Crippen LogP contribution is 2.27. The van der Waals surface area contributed by atoms with Crippen molar-refractivity contribution in [2.24, 2.45) is 0 Å². The minimum absolute atomic E-state index is 0.376. The van der Waals surface area contributed by atoms with Gasteiger partial charge in [-0.1, -0.05) is 54.1 Å². The Morgan fingerprint density at radius 3 is 2.48 bits per heavy atom. The van der Waals surface area contributed by atoms with Gasteiger partial charge in [0.2, 0.25) is 0 Å². The number of hydrogen-bond acceptors (Lipinski definition) is 3. The third-order valence-corrected chi connectivity index (χ3v) is 4.58. The van der Waals surface area contributed by atoms with Gasteiger partial charge in [-0.15, -0.1) is 0 Å². The van der Waals surface area contributed by atoms with Crippen LogP contribution >= 0.6 is 0 Å². The van der Waals surface area contributed by atoms with E-state index in [1.54, 1.807) is 7.11 Å². The van der Waals surface area contributed by atoms with Crippen molar-refractivity contribution in [3.8, 4) is 11.5 Å². The highest BCUT2D eigenvalue weighted by atomic mass is 16.5. The van der Waals surface area contributed by atoms with Gasteiger partial charge in [0.25, 0.3) is 0 Å². The van der Waals surface area contributed by atoms with Gasteiger partial charge >= 0.3 is 0 Å². The average Bonchev–Trinajstić information content (AvgIpc) is 3.04. The maximum atomic E-state index is 6.04. The van der Waals surface area contributed by atoms with E-state index >= 15 is 0 Å². The summed E-state index contributed by atoms with van der Waals surface area (Å²) < 4.78 is 13.6. The first kappa shape index (κ1) is 17.2. The molecule has 4 aromatic rings. The molecule has 0 aliphatic heterocycles. The number of aryl methyl sites for hydroxylation is 1. The molecule has 0 N–H and O–H groups in total. The summed E-state index contributed by atoms with van der Waals surface area (Å²) in [6.45, 7) is 3.24. The first-order chi connectivity index (χ1) is 13.2. The summed E-state index contributed by atoms with van der Waals surface area (Å²) >= 11 is 0. The molecular weight excluding hydrogens is 336 g/mol. The van der Waals surface area contributed by atoms with Crippen LogP contribution in [0.1, 0.15) is 17.0 Å². The number of imidazole rings is 1. The van der Waals surface area contributed by atoms with E-state index in [0.29, 0.717) is 12.4 Å². The van der Waals surface area contributed by atoms with Crippen molar-refractivity contribution in [2.75, 3.05) is 7.11 Å². The maximum Gasteiger partial charge on any atom is 0.161 e. The molecule has 1 heterocycles. The van der Waals surface area contributed by atoms with Gasteiger partial charge in [0.05, 0.1) is 18.1 Å². The molecule has 0 aliphatic carbocycles. The number of ether oxygens (including phenoxy) is 2. The van der Waals surface area contributed by atoms with Gasteiger partial charge in [-0.05, 0) is 36.8 Å². The van der Waals surface area contributed by atoms with E-state index in [0.717, 1.165) is 29.2 Å². The van der Waals surface area contributed by atoms with E-state index in [-0.39, 0.29) is 0 Å². The molecule has 0 saturated carbocycles. The fourth-order valence-corrected chi connectivity index (χ4v) is 3.29. The van der Waals surface area contributed by atoms with Crippen LogP contribution in [0.15, 0.2) is 72.8 Å². The van der Waals surface area contributed by atoms with Crippen molar-refractivity contribution < 1.29 is 9.47 Å². The lowest BCUT2D eigenvalue weighted by atomic mass is 10.1. The van der Waals surface area contributed by atoms with Crippen LogP contribution in [-0.2, 0) is 13.2 Å². The lowest BCUT2D eigenvalue weighted by Gasteiger charge is -2.13. The summed E-state index contributed by atoms with van der Waals surface area (Å²) in [5.41, 5.74) is 4.59. The molecular formula is C23H22N2O2. The zero-order valence-corrected chi connectivity index (χ0v) is 15.6. The lowest BCUT2D eigenvalue weighted by molar-refractivity contribution is 0.273. The molecule has 0 spiro atoms. The Hall–Kier alpha value is -3.27. The minimum atomic E-state index is 0.376. The largest absolute Gasteiger partial charge is 0.493 e. The molecule has 0 saturated heterocycles. The number of nitrogens with zero attached hydrogens (tertiary/aromatic N) is 2. The average molecular weight is 358 g/mol. The number of fused-ring (bicyclic) bond motifs is 1. The van der Waals surface area contributed by atoms with Crippen LogP contribution < -0.4 is 9.47 Å². The Morgan fingerprint density at radius 2 is 1.67 bits per heavy atom. The molecule has 0 bridgehead atoms. The van der Waals surface area contributed by atoms with Crippen LogP contribution in [0.3, 0.4) is 0 Å². The first-order valence-corrected chi connectivity index (χ1v) is 9.00. The van der Waals surface area contributed by atoms with E-state index in [4.69, 9.17) is 14.5 Å². The summed E-state index contributed by atoms with van der Waals surface area (Å²) in [5.74, 6) is 2.33. The number of para-hydroxylation sites is 4. The molecule has 0 amide bonds. The molecule has 0 aliphatic rings. The number of methoxy groups -OCH3 is 1. The van der Waals surface area contributed by atoms with Crippen LogP contribution in [0, 0.1) is 6.92 Å². The third kappa shape index (κ3) is 3.65. The van der Waals surface area contributed by atoms with Crippen molar-refractivity contribution >= 4 is 11.0 Å². The SMILES string of the molecule is COc1ccccc1OCc1nc2ccccc2n1Cc1cccc(C)c1. The van der Waals surface area contributed by atoms with Gasteiger partial charge in [-0.2, -0.15) is 0 Å². The van der Waals surface area contributed by atoms with Crippen LogP contribution in [0.2, 0.25) is 0 Å². The second-order valence-electron chi connectivity index (χ2n) is 6.53. The summed E-state index contributed by atoms with van der Waals surface area (Å²) in [6, 6.07) is 24.4. The molecule has 4 heteroatoms. The van der Waals surface area contributed by atoms with Crippen molar-refractivity contribution in [3.63, 3.8) is 0 Å². The third-order valence-electron chi connectivity index (χ3n) is 4.58. The summed E-state index contributed by atoms with van der Waals surface area (Å²) in [5, 5.41) is 0. The van der Waals surface area contributed by atoms with Gasteiger partial charge in [0.1, 0.15) is 12.4 Å². The standard InChI is InChI=1S/C23H22N2O2/c1-17-8-7-9-18(14-17)15-25-20-11-4-3-10-19(20)24-23(25)16-27-22-13-6-5-12-21(22)26-2/h3-14H,15-16H2,1-2H3. The number of rotatable bonds is 6. The van der Waals surface area contributed by atoms with Crippen LogP contribution in [0.5, 0.6) is 11.5 Å². The Kier molecular flexibility index (Phi) is 4.79. The minimum Gasteiger partial charge on any atom is -0.493 e. The second kappa shape index (κ2) is 7.54. The Morgan fingerprint density at radius 1 is 0.889 bits per heavy atom. The molecule has 0 fully saturated rings. The van der Waals surface area contributed by atoms with E-state index in [1.165, 1.54) is 11.1 Å². The Balaban J connectivity index is 1.67. The zero-order chi connectivity index (χ0) is 18.6. The van der Waals surface area contributed by atoms with Crippen LogP contribution in [0.25, 0.3) is 11.0 Å². The molecule has 136 valence electrons. The monoisotopic (exact) mass is 358 g/mol. The quantitative estimate of drug-likeness (QED) is 0.488. The van der Waals surface area contributed by atoms with Gasteiger partial charge in [-0.3, -0.25) is 0 Å². The number of hydrogen-bond donors (Lipinski definition) is 0. The van der Waals surface area contributed by atoms with E-state index in [9.17, 15) is 0 Å². The molecule has 3 aromatic carbocycles. The summed E-state index contributed by atoms with van der Waals surface area (Å²) in [4.78, 5) is 4.80. The fraction of sp³-hybridized carbons (Fsp3) is 0.174. The highest BCUT2D eigenvalue weighted by Gasteiger charge is 2.13. The van der Waals surface area contributed by atoms with Gasteiger partial charge in [0.15, 0.2) is 11.5 Å². The molecule has 1 aromatic heterocycles. The second-order valence-corrected chi connectivity index (χ2v) is 6.53. The predicted octanol–water partition coefficient (Wildman–Crippen LogP) is 4.98. The van der Waals surface area contributed by atoms with Gasteiger partial charge in [0, 0.05) is 6.54 Å². The molecule has 0 unspecified atom stereocenters. The molecule has 0 radical (unpaired) electrons. The van der Waals surface area contributed by atoms with Crippen molar-refractivity contribution in [1.82, 2.24) is 9.55 Å². The normalized spacial score (nSPS) is 10.9. The van der Waals surface area contributed by atoms with E-state index in [1.807, 2.05) is 42.5 Å². The molecule has 0 atom stereocenters. The van der Waals surface area contributed by atoms with Crippen molar-refractivity contribution in [1.29, 1.82) is 0 Å². The van der Waals surface area contributed by atoms with Gasteiger partial charge < -0.3 is 14.0 Å². The lowest BCUT2D eigenvalue weighted by Crippen LogP contribution is -2.09. The Labute approximate surface area is 159 Å². The van der Waals surface area contributed by atoms with Crippen molar-refractivity contribution in [2.45, 2.75) is 20.1 Å². The fourth-order valence-electron chi connectivity index (χ4n) is 3.29. The Bertz CT molecular complexity index is 1070. The van der Waals surface area contributed by atoms with Crippen LogP contribution in [-0.4, -0.2) is 16.7 Å². The smallest absolute Gasteiger partial charge is 0.161 e.